The smallest absolute Gasteiger partial charge is 0.273 e. The largest absolute Gasteiger partial charge is 0.382 e. The summed E-state index contributed by atoms with van der Waals surface area (Å²) in [6.45, 7) is 2.30. The molecule has 1 aliphatic rings. The second-order valence-corrected chi connectivity index (χ2v) is 8.75. The number of hydrogen-bond acceptors (Lipinski definition) is 6. The number of fused-ring (bicyclic) bond motifs is 1. The molecule has 0 fully saturated rings. The molecule has 0 spiro atoms. The number of carbonyl (C=O) groups is 2. The molecular formula is C22H29ClN7O2+. The van der Waals surface area contributed by atoms with Crippen LogP contribution in [0.25, 0.3) is 5.57 Å². The number of rotatable bonds is 9. The van der Waals surface area contributed by atoms with Crippen molar-refractivity contribution >= 4 is 40.6 Å². The van der Waals surface area contributed by atoms with E-state index in [2.05, 4.69) is 38.8 Å². The third kappa shape index (κ3) is 5.95. The number of carbonyl (C=O) groups excluding carboxylic acids is 2. The number of quaternary nitrogens is 1. The number of aromatic nitrogens is 2. The predicted molar refractivity (Wildman–Crippen MR) is 126 cm³/mol. The molecule has 0 saturated heterocycles. The summed E-state index contributed by atoms with van der Waals surface area (Å²) in [5.41, 5.74) is 14.7. The van der Waals surface area contributed by atoms with Crippen molar-refractivity contribution in [3.8, 4) is 0 Å². The summed E-state index contributed by atoms with van der Waals surface area (Å²) >= 11 is 5.82. The van der Waals surface area contributed by atoms with Crippen molar-refractivity contribution < 1.29 is 14.1 Å². The Bertz CT molecular complexity index is 1050. The van der Waals surface area contributed by atoms with E-state index in [4.69, 9.17) is 23.1 Å². The summed E-state index contributed by atoms with van der Waals surface area (Å²) in [6.07, 6.45) is 3.39. The van der Waals surface area contributed by atoms with Crippen molar-refractivity contribution in [2.24, 2.45) is 0 Å². The minimum Gasteiger partial charge on any atom is -0.382 e. The van der Waals surface area contributed by atoms with Gasteiger partial charge in [0.15, 0.2) is 22.5 Å². The van der Waals surface area contributed by atoms with Gasteiger partial charge in [-0.1, -0.05) is 41.9 Å². The number of likely N-dealkylation sites (N-methyl/N-ethyl adjacent to an activating group) is 1. The molecule has 32 heavy (non-hydrogen) atoms. The first-order valence-corrected chi connectivity index (χ1v) is 10.8. The van der Waals surface area contributed by atoms with Crippen LogP contribution in [0.1, 0.15) is 28.0 Å². The second kappa shape index (κ2) is 9.97. The van der Waals surface area contributed by atoms with Crippen LogP contribution >= 0.6 is 11.6 Å². The normalized spacial score (nSPS) is 12.8. The molecule has 0 unspecified atom stereocenters. The summed E-state index contributed by atoms with van der Waals surface area (Å²) in [5, 5.41) is 5.70. The molecule has 2 amide bonds. The molecule has 2 aromatic rings. The van der Waals surface area contributed by atoms with E-state index in [1.54, 1.807) is 0 Å². The minimum atomic E-state index is -0.463. The highest BCUT2D eigenvalue weighted by molar-refractivity contribution is 6.31. The Balaban J connectivity index is 1.39. The summed E-state index contributed by atoms with van der Waals surface area (Å²) in [6, 6.07) is 8.17. The quantitative estimate of drug-likeness (QED) is 0.417. The molecule has 0 saturated carbocycles. The van der Waals surface area contributed by atoms with Crippen LogP contribution in [0.2, 0.25) is 5.15 Å². The van der Waals surface area contributed by atoms with E-state index in [0.717, 1.165) is 12.0 Å². The third-order valence-electron chi connectivity index (χ3n) is 5.44. The van der Waals surface area contributed by atoms with Gasteiger partial charge in [0.2, 0.25) is 5.91 Å². The van der Waals surface area contributed by atoms with E-state index in [-0.39, 0.29) is 28.4 Å². The maximum atomic E-state index is 12.4. The fourth-order valence-electron chi connectivity index (χ4n) is 3.53. The van der Waals surface area contributed by atoms with Gasteiger partial charge in [-0.15, -0.1) is 0 Å². The van der Waals surface area contributed by atoms with Crippen LogP contribution in [0, 0.1) is 0 Å². The van der Waals surface area contributed by atoms with Crippen LogP contribution in [0.4, 0.5) is 11.6 Å². The Hall–Kier alpha value is -3.17. The van der Waals surface area contributed by atoms with Crippen LogP contribution in [-0.2, 0) is 11.2 Å². The summed E-state index contributed by atoms with van der Waals surface area (Å²) < 4.78 is 0.607. The molecule has 0 bridgehead atoms. The van der Waals surface area contributed by atoms with E-state index in [1.807, 2.05) is 26.2 Å². The molecule has 1 aliphatic carbocycles. The lowest BCUT2D eigenvalue weighted by atomic mass is 10.0. The first kappa shape index (κ1) is 23.5. The molecule has 6 N–H and O–H groups in total. The number of amides is 2. The second-order valence-electron chi connectivity index (χ2n) is 8.39. The van der Waals surface area contributed by atoms with Crippen molar-refractivity contribution in [2.75, 3.05) is 51.7 Å². The van der Waals surface area contributed by atoms with Gasteiger partial charge in [0.25, 0.3) is 5.91 Å². The summed E-state index contributed by atoms with van der Waals surface area (Å²) in [7, 11) is 4.06. The van der Waals surface area contributed by atoms with Crippen LogP contribution in [0.3, 0.4) is 0 Å². The average molecular weight is 459 g/mol. The van der Waals surface area contributed by atoms with Crippen LogP contribution in [0.15, 0.2) is 30.3 Å². The SMILES string of the molecule is C[N+](C)(CCNC(=O)CC1=CCc2ccccc21)CCNC(=O)c1nc(Cl)c(N)nc1N. The third-order valence-corrected chi connectivity index (χ3v) is 5.72. The van der Waals surface area contributed by atoms with Crippen LogP contribution in [0.5, 0.6) is 0 Å². The highest BCUT2D eigenvalue weighted by atomic mass is 35.5. The van der Waals surface area contributed by atoms with Gasteiger partial charge in [-0.2, -0.15) is 0 Å². The molecule has 3 rings (SSSR count). The monoisotopic (exact) mass is 458 g/mol. The number of nitrogens with two attached hydrogens (primary N) is 2. The number of hydrogen-bond donors (Lipinski definition) is 4. The van der Waals surface area contributed by atoms with Gasteiger partial charge < -0.3 is 26.6 Å². The van der Waals surface area contributed by atoms with Gasteiger partial charge in [-0.25, -0.2) is 9.97 Å². The van der Waals surface area contributed by atoms with Gasteiger partial charge in [0, 0.05) is 0 Å². The van der Waals surface area contributed by atoms with E-state index in [9.17, 15) is 9.59 Å². The molecule has 0 radical (unpaired) electrons. The van der Waals surface area contributed by atoms with Crippen LogP contribution < -0.4 is 22.1 Å². The maximum Gasteiger partial charge on any atom is 0.273 e. The standard InChI is InChI=1S/C22H28ClN7O2/c1-30(2,12-10-27-22(32)18-20(24)29-21(25)19(23)28-18)11-9-26-17(31)13-15-8-7-14-5-3-4-6-16(14)15/h3-6,8H,7,9-13H2,1-2H3,(H5-,24,25,26,27,29,31,32)/p+1. The van der Waals surface area contributed by atoms with Crippen molar-refractivity contribution in [1.29, 1.82) is 0 Å². The minimum absolute atomic E-state index is 0.00975. The van der Waals surface area contributed by atoms with Gasteiger partial charge in [-0.05, 0) is 23.1 Å². The number of nitrogens with one attached hydrogen (secondary N) is 2. The molecule has 0 aliphatic heterocycles. The van der Waals surface area contributed by atoms with Gasteiger partial charge in [0.1, 0.15) is 0 Å². The Morgan fingerprint density at radius 2 is 1.75 bits per heavy atom. The summed E-state index contributed by atoms with van der Waals surface area (Å²) in [4.78, 5) is 32.4. The number of halogens is 1. The fourth-order valence-corrected chi connectivity index (χ4v) is 3.66. The Morgan fingerprint density at radius 1 is 1.06 bits per heavy atom. The van der Waals surface area contributed by atoms with Crippen molar-refractivity contribution in [2.45, 2.75) is 12.8 Å². The van der Waals surface area contributed by atoms with Crippen molar-refractivity contribution in [3.63, 3.8) is 0 Å². The van der Waals surface area contributed by atoms with E-state index in [1.165, 1.54) is 11.1 Å². The Kier molecular flexibility index (Phi) is 7.32. The molecular weight excluding hydrogens is 430 g/mol. The maximum absolute atomic E-state index is 12.4. The first-order chi connectivity index (χ1) is 15.2. The van der Waals surface area contributed by atoms with E-state index in [0.29, 0.717) is 37.1 Å². The van der Waals surface area contributed by atoms with Crippen molar-refractivity contribution in [3.05, 3.63) is 52.3 Å². The Labute approximate surface area is 192 Å². The lowest BCUT2D eigenvalue weighted by Crippen LogP contribution is -2.49. The molecule has 1 aromatic carbocycles. The summed E-state index contributed by atoms with van der Waals surface area (Å²) in [5.74, 6) is -0.541. The predicted octanol–water partition coefficient (Wildman–Crippen LogP) is 1.25. The van der Waals surface area contributed by atoms with Gasteiger partial charge in [-0.3, -0.25) is 9.59 Å². The molecule has 1 aromatic heterocycles. The number of allylic oxidation sites excluding steroid dienone is 1. The lowest BCUT2D eigenvalue weighted by molar-refractivity contribution is -0.887. The molecule has 170 valence electrons. The van der Waals surface area contributed by atoms with Crippen LogP contribution in [-0.4, -0.2) is 66.5 Å². The highest BCUT2D eigenvalue weighted by Gasteiger charge is 2.20. The first-order valence-electron chi connectivity index (χ1n) is 10.4. The van der Waals surface area contributed by atoms with Gasteiger partial charge in [0.05, 0.1) is 46.7 Å². The Morgan fingerprint density at radius 3 is 2.50 bits per heavy atom. The van der Waals surface area contributed by atoms with Crippen molar-refractivity contribution in [1.82, 2.24) is 20.6 Å². The number of benzene rings is 1. The number of anilines is 2. The molecule has 9 nitrogen and oxygen atoms in total. The zero-order valence-electron chi connectivity index (χ0n) is 18.3. The molecule has 0 atom stereocenters. The molecule has 10 heteroatoms. The topological polar surface area (TPSA) is 136 Å². The lowest BCUT2D eigenvalue weighted by Gasteiger charge is -2.30. The van der Waals surface area contributed by atoms with E-state index >= 15 is 0 Å². The fraction of sp³-hybridized carbons (Fsp3) is 0.364. The zero-order chi connectivity index (χ0) is 23.3. The number of nitrogens with zero attached hydrogens (tertiary/aromatic N) is 3. The van der Waals surface area contributed by atoms with E-state index < -0.39 is 5.91 Å². The van der Waals surface area contributed by atoms with Gasteiger partial charge >= 0.3 is 0 Å². The number of nitrogen functional groups attached to an aromatic ring is 2. The molecule has 1 heterocycles. The highest BCUT2D eigenvalue weighted by Crippen LogP contribution is 2.29. The zero-order valence-corrected chi connectivity index (χ0v) is 19.1. The average Bonchev–Trinajstić information content (AvgIpc) is 3.13.